The summed E-state index contributed by atoms with van der Waals surface area (Å²) in [6, 6.07) is 4.87. The fraction of sp³-hybridized carbons (Fsp3) is 0.471. The van der Waals surface area contributed by atoms with E-state index in [9.17, 15) is 9.18 Å². The zero-order valence-electron chi connectivity index (χ0n) is 12.4. The average Bonchev–Trinajstić information content (AvgIpc) is 3.25. The maximum absolute atomic E-state index is 13.3. The first-order valence-electron chi connectivity index (χ1n) is 7.98. The van der Waals surface area contributed by atoms with E-state index in [0.717, 1.165) is 49.9 Å². The van der Waals surface area contributed by atoms with Crippen LogP contribution in [0.1, 0.15) is 24.3 Å². The molecule has 1 amide bonds. The van der Waals surface area contributed by atoms with Crippen molar-refractivity contribution in [3.8, 4) is 0 Å². The summed E-state index contributed by atoms with van der Waals surface area (Å²) in [6.07, 6.45) is 3.91. The molecule has 1 aromatic carbocycles. The molecule has 2 N–H and O–H groups in total. The van der Waals surface area contributed by atoms with Crippen molar-refractivity contribution in [1.29, 1.82) is 0 Å². The number of H-pyrrole nitrogens is 1. The number of benzene rings is 1. The Morgan fingerprint density at radius 1 is 1.32 bits per heavy atom. The fourth-order valence-electron chi connectivity index (χ4n) is 3.80. The Balaban J connectivity index is 1.53. The van der Waals surface area contributed by atoms with Gasteiger partial charge >= 0.3 is 0 Å². The molecule has 2 aliphatic heterocycles. The third kappa shape index (κ3) is 2.29. The van der Waals surface area contributed by atoms with Crippen LogP contribution in [-0.2, 0) is 4.79 Å². The Hall–Kier alpha value is -1.88. The summed E-state index contributed by atoms with van der Waals surface area (Å²) in [4.78, 5) is 17.7. The van der Waals surface area contributed by atoms with Crippen molar-refractivity contribution in [3.63, 3.8) is 0 Å². The van der Waals surface area contributed by atoms with Gasteiger partial charge in [0.15, 0.2) is 0 Å². The van der Waals surface area contributed by atoms with Gasteiger partial charge in [-0.2, -0.15) is 0 Å². The number of likely N-dealkylation sites (tertiary alicyclic amines) is 1. The number of aromatic amines is 1. The normalized spacial score (nSPS) is 25.2. The topological polar surface area (TPSA) is 48.1 Å². The predicted octanol–water partition coefficient (Wildman–Crippen LogP) is 2.23. The summed E-state index contributed by atoms with van der Waals surface area (Å²) in [5.41, 5.74) is 2.04. The zero-order chi connectivity index (χ0) is 15.1. The molecule has 4 nitrogen and oxygen atoms in total. The van der Waals surface area contributed by atoms with E-state index in [-0.39, 0.29) is 11.7 Å². The number of halogens is 1. The molecular formula is C17H20FN3O. The van der Waals surface area contributed by atoms with Gasteiger partial charge in [0.2, 0.25) is 5.91 Å². The standard InChI is InChI=1S/C17H20FN3O/c18-13-1-2-14-15(9-20-16(14)7-13)12-4-6-21(10-12)17(22)11-3-5-19-8-11/h1-2,7,9,11-12,19-20H,3-6,8,10H2. The number of nitrogens with one attached hydrogen (secondary N) is 2. The SMILES string of the molecule is O=C(C1CCNC1)N1CCC(c2c[nH]c3cc(F)ccc23)C1. The molecule has 0 aliphatic carbocycles. The summed E-state index contributed by atoms with van der Waals surface area (Å²) < 4.78 is 13.3. The molecule has 3 heterocycles. The molecule has 2 saturated heterocycles. The number of amides is 1. The fourth-order valence-corrected chi connectivity index (χ4v) is 3.80. The van der Waals surface area contributed by atoms with Crippen molar-refractivity contribution in [3.05, 3.63) is 35.8 Å². The molecule has 2 aromatic rings. The summed E-state index contributed by atoms with van der Waals surface area (Å²) in [7, 11) is 0. The van der Waals surface area contributed by atoms with E-state index in [4.69, 9.17) is 0 Å². The summed E-state index contributed by atoms with van der Waals surface area (Å²) in [6.45, 7) is 3.36. The molecule has 2 fully saturated rings. The average molecular weight is 301 g/mol. The number of hydrogen-bond donors (Lipinski definition) is 2. The van der Waals surface area contributed by atoms with Crippen LogP contribution in [0.5, 0.6) is 0 Å². The van der Waals surface area contributed by atoms with E-state index in [1.165, 1.54) is 17.7 Å². The molecule has 116 valence electrons. The zero-order valence-corrected chi connectivity index (χ0v) is 12.4. The van der Waals surface area contributed by atoms with E-state index in [2.05, 4.69) is 10.3 Å². The number of rotatable bonds is 2. The first-order chi connectivity index (χ1) is 10.7. The Morgan fingerprint density at radius 2 is 2.23 bits per heavy atom. The Morgan fingerprint density at radius 3 is 3.05 bits per heavy atom. The van der Waals surface area contributed by atoms with Gasteiger partial charge in [0, 0.05) is 42.7 Å². The monoisotopic (exact) mass is 301 g/mol. The lowest BCUT2D eigenvalue weighted by Crippen LogP contribution is -2.35. The lowest BCUT2D eigenvalue weighted by Gasteiger charge is -2.20. The first kappa shape index (κ1) is 13.8. The summed E-state index contributed by atoms with van der Waals surface area (Å²) >= 11 is 0. The molecule has 0 saturated carbocycles. The molecule has 4 rings (SSSR count). The molecular weight excluding hydrogens is 281 g/mol. The van der Waals surface area contributed by atoms with Gasteiger partial charge in [-0.3, -0.25) is 4.79 Å². The van der Waals surface area contributed by atoms with Crippen LogP contribution in [0.3, 0.4) is 0 Å². The highest BCUT2D eigenvalue weighted by Crippen LogP contribution is 2.33. The van der Waals surface area contributed by atoms with Crippen LogP contribution in [0.15, 0.2) is 24.4 Å². The minimum absolute atomic E-state index is 0.149. The molecule has 2 atom stereocenters. The number of carbonyl (C=O) groups excluding carboxylic acids is 1. The largest absolute Gasteiger partial charge is 0.361 e. The number of hydrogen-bond acceptors (Lipinski definition) is 2. The molecule has 0 bridgehead atoms. The van der Waals surface area contributed by atoms with E-state index in [0.29, 0.717) is 11.8 Å². The number of fused-ring (bicyclic) bond motifs is 1. The Bertz CT molecular complexity index is 705. The summed E-state index contributed by atoms with van der Waals surface area (Å²) in [5, 5.41) is 4.33. The summed E-state index contributed by atoms with van der Waals surface area (Å²) in [5.74, 6) is 0.560. The predicted molar refractivity (Wildman–Crippen MR) is 83.2 cm³/mol. The van der Waals surface area contributed by atoms with E-state index < -0.39 is 0 Å². The van der Waals surface area contributed by atoms with Crippen molar-refractivity contribution < 1.29 is 9.18 Å². The van der Waals surface area contributed by atoms with Crippen molar-refractivity contribution >= 4 is 16.8 Å². The Labute approximate surface area is 128 Å². The second-order valence-corrected chi connectivity index (χ2v) is 6.39. The van der Waals surface area contributed by atoms with E-state index in [1.807, 2.05) is 17.2 Å². The molecule has 22 heavy (non-hydrogen) atoms. The van der Waals surface area contributed by atoms with Crippen molar-refractivity contribution in [1.82, 2.24) is 15.2 Å². The van der Waals surface area contributed by atoms with E-state index >= 15 is 0 Å². The molecule has 2 unspecified atom stereocenters. The maximum Gasteiger partial charge on any atom is 0.227 e. The van der Waals surface area contributed by atoms with Gasteiger partial charge in [-0.05, 0) is 43.1 Å². The van der Waals surface area contributed by atoms with Gasteiger partial charge < -0.3 is 15.2 Å². The van der Waals surface area contributed by atoms with Gasteiger partial charge in [-0.25, -0.2) is 4.39 Å². The highest BCUT2D eigenvalue weighted by Gasteiger charge is 2.33. The maximum atomic E-state index is 13.3. The van der Waals surface area contributed by atoms with Gasteiger partial charge in [-0.15, -0.1) is 0 Å². The van der Waals surface area contributed by atoms with Gasteiger partial charge in [0.25, 0.3) is 0 Å². The second kappa shape index (κ2) is 5.39. The van der Waals surface area contributed by atoms with Crippen molar-refractivity contribution in [2.45, 2.75) is 18.8 Å². The van der Waals surface area contributed by atoms with Crippen LogP contribution < -0.4 is 5.32 Å². The Kier molecular flexibility index (Phi) is 3.37. The number of aromatic nitrogens is 1. The van der Waals surface area contributed by atoms with Crippen LogP contribution in [0.4, 0.5) is 4.39 Å². The first-order valence-corrected chi connectivity index (χ1v) is 7.98. The van der Waals surface area contributed by atoms with Crippen LogP contribution in [0.25, 0.3) is 10.9 Å². The minimum atomic E-state index is -0.224. The van der Waals surface area contributed by atoms with Crippen LogP contribution >= 0.6 is 0 Å². The smallest absolute Gasteiger partial charge is 0.227 e. The molecule has 0 radical (unpaired) electrons. The molecule has 2 aliphatic rings. The number of nitrogens with zero attached hydrogens (tertiary/aromatic N) is 1. The number of carbonyl (C=O) groups is 1. The quantitative estimate of drug-likeness (QED) is 0.893. The lowest BCUT2D eigenvalue weighted by molar-refractivity contribution is -0.133. The lowest BCUT2D eigenvalue weighted by atomic mass is 9.98. The second-order valence-electron chi connectivity index (χ2n) is 6.39. The van der Waals surface area contributed by atoms with E-state index in [1.54, 1.807) is 0 Å². The van der Waals surface area contributed by atoms with Crippen molar-refractivity contribution in [2.24, 2.45) is 5.92 Å². The van der Waals surface area contributed by atoms with Gasteiger partial charge in [0.1, 0.15) is 5.82 Å². The highest BCUT2D eigenvalue weighted by atomic mass is 19.1. The van der Waals surface area contributed by atoms with Gasteiger partial charge in [0.05, 0.1) is 5.92 Å². The molecule has 0 spiro atoms. The highest BCUT2D eigenvalue weighted by molar-refractivity contribution is 5.84. The third-order valence-electron chi connectivity index (χ3n) is 5.03. The van der Waals surface area contributed by atoms with Gasteiger partial charge in [-0.1, -0.05) is 0 Å². The molecule has 5 heteroatoms. The molecule has 1 aromatic heterocycles. The van der Waals surface area contributed by atoms with Crippen LogP contribution in [-0.4, -0.2) is 42.0 Å². The van der Waals surface area contributed by atoms with Crippen LogP contribution in [0, 0.1) is 11.7 Å². The van der Waals surface area contributed by atoms with Crippen molar-refractivity contribution in [2.75, 3.05) is 26.2 Å². The minimum Gasteiger partial charge on any atom is -0.361 e. The third-order valence-corrected chi connectivity index (χ3v) is 5.03. The van der Waals surface area contributed by atoms with Crippen LogP contribution in [0.2, 0.25) is 0 Å².